The van der Waals surface area contributed by atoms with Gasteiger partial charge in [-0.1, -0.05) is 6.92 Å². The second-order valence-electron chi connectivity index (χ2n) is 7.31. The van der Waals surface area contributed by atoms with Crippen LogP contribution in [0.2, 0.25) is 0 Å². The number of rotatable bonds is 5. The van der Waals surface area contributed by atoms with E-state index in [0.717, 1.165) is 26.1 Å². The van der Waals surface area contributed by atoms with Gasteiger partial charge in [0.25, 0.3) is 0 Å². The van der Waals surface area contributed by atoms with Crippen molar-refractivity contribution in [3.05, 3.63) is 0 Å². The normalized spacial score (nSPS) is 26.5. The Morgan fingerprint density at radius 3 is 2.67 bits per heavy atom. The molecule has 2 heterocycles. The molecule has 0 aromatic heterocycles. The maximum Gasteiger partial charge on any atom is 0.222 e. The molecule has 1 amide bonds. The van der Waals surface area contributed by atoms with E-state index in [1.807, 2.05) is 11.9 Å². The molecule has 1 N–H and O–H groups in total. The van der Waals surface area contributed by atoms with Gasteiger partial charge in [0.1, 0.15) is 0 Å². The van der Waals surface area contributed by atoms with Crippen LogP contribution in [-0.4, -0.2) is 62.5 Å². The Morgan fingerprint density at radius 1 is 1.33 bits per heavy atom. The molecule has 0 spiro atoms. The number of amides is 1. The molecule has 0 aromatic rings. The van der Waals surface area contributed by atoms with Crippen molar-refractivity contribution >= 4 is 5.91 Å². The maximum absolute atomic E-state index is 12.4. The van der Waals surface area contributed by atoms with Crippen molar-refractivity contribution in [3.8, 4) is 0 Å². The second-order valence-corrected chi connectivity index (χ2v) is 7.31. The molecular weight excluding hydrogens is 262 g/mol. The molecular formula is C17H33N3O. The minimum atomic E-state index is 0.340. The molecule has 2 saturated heterocycles. The van der Waals surface area contributed by atoms with Crippen LogP contribution in [0.1, 0.15) is 39.0 Å². The quantitative estimate of drug-likeness (QED) is 0.840. The number of carbonyl (C=O) groups is 1. The van der Waals surface area contributed by atoms with Gasteiger partial charge in [-0.2, -0.15) is 0 Å². The van der Waals surface area contributed by atoms with Crippen LogP contribution in [0.15, 0.2) is 0 Å². The number of hydrogen-bond acceptors (Lipinski definition) is 3. The van der Waals surface area contributed by atoms with E-state index in [9.17, 15) is 4.79 Å². The van der Waals surface area contributed by atoms with Crippen LogP contribution in [0, 0.1) is 17.8 Å². The summed E-state index contributed by atoms with van der Waals surface area (Å²) >= 11 is 0. The Morgan fingerprint density at radius 2 is 2.05 bits per heavy atom. The van der Waals surface area contributed by atoms with Crippen molar-refractivity contribution in [2.75, 3.05) is 46.8 Å². The molecule has 0 aliphatic carbocycles. The van der Waals surface area contributed by atoms with Crippen LogP contribution in [-0.2, 0) is 4.79 Å². The molecule has 4 heteroatoms. The zero-order valence-electron chi connectivity index (χ0n) is 14.1. The number of hydrogen-bond donors (Lipinski definition) is 1. The van der Waals surface area contributed by atoms with Gasteiger partial charge in [-0.3, -0.25) is 4.79 Å². The van der Waals surface area contributed by atoms with Crippen molar-refractivity contribution in [2.45, 2.75) is 39.0 Å². The number of nitrogens with one attached hydrogen (secondary N) is 1. The molecule has 2 aliphatic rings. The highest BCUT2D eigenvalue weighted by Gasteiger charge is 2.25. The number of nitrogens with zero attached hydrogens (tertiary/aromatic N) is 2. The minimum Gasteiger partial charge on any atom is -0.345 e. The highest BCUT2D eigenvalue weighted by Crippen LogP contribution is 2.24. The third-order valence-corrected chi connectivity index (χ3v) is 5.43. The number of carbonyl (C=O) groups excluding carboxylic acids is 1. The molecule has 2 atom stereocenters. The SMILES string of the molecule is CC(CC(=O)N(C)CC1CCN(C)CC1)C1CCCNC1. The summed E-state index contributed by atoms with van der Waals surface area (Å²) in [6, 6.07) is 0. The zero-order chi connectivity index (χ0) is 15.2. The lowest BCUT2D eigenvalue weighted by molar-refractivity contribution is -0.132. The Labute approximate surface area is 130 Å². The van der Waals surface area contributed by atoms with E-state index in [0.29, 0.717) is 23.7 Å². The van der Waals surface area contributed by atoms with Crippen LogP contribution in [0.4, 0.5) is 0 Å². The van der Waals surface area contributed by atoms with Gasteiger partial charge in [0.05, 0.1) is 0 Å². The molecule has 4 nitrogen and oxygen atoms in total. The molecule has 0 saturated carbocycles. The first kappa shape index (κ1) is 16.8. The number of piperidine rings is 2. The Bertz CT molecular complexity index is 320. The van der Waals surface area contributed by atoms with Gasteiger partial charge in [0.15, 0.2) is 0 Å². The van der Waals surface area contributed by atoms with Crippen molar-refractivity contribution in [2.24, 2.45) is 17.8 Å². The fourth-order valence-electron chi connectivity index (χ4n) is 3.70. The standard InChI is InChI=1S/C17H33N3O/c1-14(16-5-4-8-18-12-16)11-17(21)20(3)13-15-6-9-19(2)10-7-15/h14-16,18H,4-13H2,1-3H3. The zero-order valence-corrected chi connectivity index (χ0v) is 14.1. The van der Waals surface area contributed by atoms with Crippen molar-refractivity contribution in [1.29, 1.82) is 0 Å². The van der Waals surface area contributed by atoms with E-state index in [-0.39, 0.29) is 0 Å². The smallest absolute Gasteiger partial charge is 0.222 e. The van der Waals surface area contributed by atoms with E-state index < -0.39 is 0 Å². The monoisotopic (exact) mass is 295 g/mol. The molecule has 0 aromatic carbocycles. The fraction of sp³-hybridized carbons (Fsp3) is 0.941. The lowest BCUT2D eigenvalue weighted by Gasteiger charge is -2.33. The first-order chi connectivity index (χ1) is 10.1. The summed E-state index contributed by atoms with van der Waals surface area (Å²) in [7, 11) is 4.18. The summed E-state index contributed by atoms with van der Waals surface area (Å²) in [6.07, 6.45) is 5.72. The first-order valence-corrected chi connectivity index (χ1v) is 8.69. The molecule has 2 aliphatic heterocycles. The van der Waals surface area contributed by atoms with Crippen LogP contribution in [0.5, 0.6) is 0 Å². The van der Waals surface area contributed by atoms with Crippen LogP contribution in [0.3, 0.4) is 0 Å². The predicted molar refractivity (Wildman–Crippen MR) is 87.2 cm³/mol. The van der Waals surface area contributed by atoms with Gasteiger partial charge in [0.2, 0.25) is 5.91 Å². The summed E-state index contributed by atoms with van der Waals surface area (Å²) in [5, 5.41) is 3.46. The second kappa shape index (κ2) is 8.14. The number of likely N-dealkylation sites (tertiary alicyclic amines) is 1. The average molecular weight is 295 g/mol. The minimum absolute atomic E-state index is 0.340. The summed E-state index contributed by atoms with van der Waals surface area (Å²) in [5.41, 5.74) is 0. The topological polar surface area (TPSA) is 35.6 Å². The van der Waals surface area contributed by atoms with Crippen LogP contribution < -0.4 is 5.32 Å². The Kier molecular flexibility index (Phi) is 6.49. The largest absolute Gasteiger partial charge is 0.345 e. The third-order valence-electron chi connectivity index (χ3n) is 5.43. The van der Waals surface area contributed by atoms with Gasteiger partial charge in [-0.25, -0.2) is 0 Å². The average Bonchev–Trinajstić information content (AvgIpc) is 2.50. The fourth-order valence-corrected chi connectivity index (χ4v) is 3.70. The summed E-state index contributed by atoms with van der Waals surface area (Å²) < 4.78 is 0. The first-order valence-electron chi connectivity index (χ1n) is 8.69. The van der Waals surface area contributed by atoms with E-state index >= 15 is 0 Å². The van der Waals surface area contributed by atoms with E-state index in [4.69, 9.17) is 0 Å². The van der Waals surface area contributed by atoms with Crippen LogP contribution in [0.25, 0.3) is 0 Å². The van der Waals surface area contributed by atoms with Gasteiger partial charge in [-0.05, 0) is 76.7 Å². The maximum atomic E-state index is 12.4. The Balaban J connectivity index is 1.71. The van der Waals surface area contributed by atoms with Crippen molar-refractivity contribution < 1.29 is 4.79 Å². The van der Waals surface area contributed by atoms with Crippen LogP contribution >= 0.6 is 0 Å². The van der Waals surface area contributed by atoms with Gasteiger partial charge < -0.3 is 15.1 Å². The molecule has 2 fully saturated rings. The summed E-state index contributed by atoms with van der Waals surface area (Å²) in [5.74, 6) is 2.22. The van der Waals surface area contributed by atoms with Gasteiger partial charge >= 0.3 is 0 Å². The Hall–Kier alpha value is -0.610. The summed E-state index contributed by atoms with van der Waals surface area (Å²) in [4.78, 5) is 16.8. The van der Waals surface area contributed by atoms with Crippen molar-refractivity contribution in [3.63, 3.8) is 0 Å². The van der Waals surface area contributed by atoms with Crippen molar-refractivity contribution in [1.82, 2.24) is 15.1 Å². The van der Waals surface area contributed by atoms with Gasteiger partial charge in [-0.15, -0.1) is 0 Å². The van der Waals surface area contributed by atoms with E-state index in [1.165, 1.54) is 38.8 Å². The molecule has 2 rings (SSSR count). The molecule has 2 unspecified atom stereocenters. The molecule has 122 valence electrons. The van der Waals surface area contributed by atoms with Gasteiger partial charge in [0, 0.05) is 20.0 Å². The highest BCUT2D eigenvalue weighted by molar-refractivity contribution is 5.76. The molecule has 0 radical (unpaired) electrons. The lowest BCUT2D eigenvalue weighted by Crippen LogP contribution is -2.39. The van der Waals surface area contributed by atoms with E-state index in [2.05, 4.69) is 24.2 Å². The summed E-state index contributed by atoms with van der Waals surface area (Å²) in [6.45, 7) is 7.79. The predicted octanol–water partition coefficient (Wildman–Crippen LogP) is 1.81. The molecule has 0 bridgehead atoms. The third kappa shape index (κ3) is 5.26. The van der Waals surface area contributed by atoms with E-state index in [1.54, 1.807) is 0 Å². The lowest BCUT2D eigenvalue weighted by atomic mass is 9.85. The highest BCUT2D eigenvalue weighted by atomic mass is 16.2. The molecule has 21 heavy (non-hydrogen) atoms.